The first-order valence-corrected chi connectivity index (χ1v) is 6.31. The van der Waals surface area contributed by atoms with Gasteiger partial charge >= 0.3 is 0 Å². The van der Waals surface area contributed by atoms with E-state index in [1.54, 1.807) is 0 Å². The van der Waals surface area contributed by atoms with E-state index in [1.807, 2.05) is 24.4 Å². The summed E-state index contributed by atoms with van der Waals surface area (Å²) in [6.07, 6.45) is 4.82. The molecule has 1 aliphatic rings. The third kappa shape index (κ3) is 2.16. The van der Waals surface area contributed by atoms with Crippen molar-refractivity contribution in [2.75, 3.05) is 11.9 Å². The van der Waals surface area contributed by atoms with E-state index >= 15 is 0 Å². The van der Waals surface area contributed by atoms with E-state index in [-0.39, 0.29) is 11.9 Å². The van der Waals surface area contributed by atoms with Gasteiger partial charge in [-0.1, -0.05) is 0 Å². The second kappa shape index (κ2) is 4.68. The van der Waals surface area contributed by atoms with Crippen LogP contribution in [0.1, 0.15) is 19.3 Å². The molecule has 2 aromatic heterocycles. The number of hydrogen-bond donors (Lipinski definition) is 3. The molecule has 0 saturated carbocycles. The SMILES string of the molecule is O=C1NCCCC[C@@H]1Nc1ccc2cc[nH]c2n1. The number of nitrogens with zero attached hydrogens (tertiary/aromatic N) is 1. The lowest BCUT2D eigenvalue weighted by molar-refractivity contribution is -0.121. The third-order valence-electron chi connectivity index (χ3n) is 3.27. The normalized spacial score (nSPS) is 20.4. The number of carbonyl (C=O) groups excluding carboxylic acids is 1. The van der Waals surface area contributed by atoms with Gasteiger partial charge in [-0.25, -0.2) is 4.98 Å². The molecule has 3 N–H and O–H groups in total. The number of H-pyrrole nitrogens is 1. The first kappa shape index (κ1) is 11.1. The van der Waals surface area contributed by atoms with Crippen LogP contribution in [0.4, 0.5) is 5.82 Å². The number of nitrogens with one attached hydrogen (secondary N) is 3. The van der Waals surface area contributed by atoms with Crippen LogP contribution in [0.2, 0.25) is 0 Å². The highest BCUT2D eigenvalue weighted by atomic mass is 16.2. The van der Waals surface area contributed by atoms with E-state index in [9.17, 15) is 4.79 Å². The minimum atomic E-state index is -0.174. The highest BCUT2D eigenvalue weighted by Crippen LogP contribution is 2.16. The number of aromatic amines is 1. The van der Waals surface area contributed by atoms with E-state index in [0.29, 0.717) is 0 Å². The van der Waals surface area contributed by atoms with Crippen molar-refractivity contribution in [2.24, 2.45) is 0 Å². The molecule has 0 radical (unpaired) electrons. The number of rotatable bonds is 2. The molecular formula is C13H16N4O. The molecule has 5 nitrogen and oxygen atoms in total. The van der Waals surface area contributed by atoms with Crippen molar-refractivity contribution in [3.05, 3.63) is 24.4 Å². The third-order valence-corrected chi connectivity index (χ3v) is 3.27. The van der Waals surface area contributed by atoms with Crippen LogP contribution in [-0.2, 0) is 4.79 Å². The van der Waals surface area contributed by atoms with Gasteiger partial charge in [-0.3, -0.25) is 4.79 Å². The van der Waals surface area contributed by atoms with Crippen molar-refractivity contribution >= 4 is 22.8 Å². The van der Waals surface area contributed by atoms with E-state index < -0.39 is 0 Å². The van der Waals surface area contributed by atoms with Crippen LogP contribution in [0.3, 0.4) is 0 Å². The van der Waals surface area contributed by atoms with Crippen LogP contribution in [0.5, 0.6) is 0 Å². The van der Waals surface area contributed by atoms with Crippen molar-refractivity contribution in [1.82, 2.24) is 15.3 Å². The van der Waals surface area contributed by atoms with Gasteiger partial charge in [0.2, 0.25) is 5.91 Å². The van der Waals surface area contributed by atoms with E-state index in [4.69, 9.17) is 0 Å². The van der Waals surface area contributed by atoms with Crippen molar-refractivity contribution < 1.29 is 4.79 Å². The number of carbonyl (C=O) groups is 1. The summed E-state index contributed by atoms with van der Waals surface area (Å²) in [5.41, 5.74) is 0.842. The first-order chi connectivity index (χ1) is 8.83. The second-order valence-corrected chi connectivity index (χ2v) is 4.60. The predicted molar refractivity (Wildman–Crippen MR) is 70.4 cm³/mol. The van der Waals surface area contributed by atoms with E-state index in [0.717, 1.165) is 42.7 Å². The maximum atomic E-state index is 11.8. The molecule has 0 aromatic carbocycles. The Labute approximate surface area is 105 Å². The van der Waals surface area contributed by atoms with Gasteiger partial charge in [0, 0.05) is 18.1 Å². The van der Waals surface area contributed by atoms with Gasteiger partial charge in [-0.05, 0) is 37.5 Å². The maximum Gasteiger partial charge on any atom is 0.242 e. The van der Waals surface area contributed by atoms with Crippen LogP contribution < -0.4 is 10.6 Å². The molecule has 18 heavy (non-hydrogen) atoms. The standard InChI is InChI=1S/C13H16N4O/c18-13-10(3-1-2-7-15-13)16-11-5-4-9-6-8-14-12(9)17-11/h4-6,8,10H,1-3,7H2,(H,15,18)(H2,14,16,17)/t10-/m0/s1. The Morgan fingerprint density at radius 2 is 2.22 bits per heavy atom. The monoisotopic (exact) mass is 244 g/mol. The molecule has 2 aromatic rings. The maximum absolute atomic E-state index is 11.8. The lowest BCUT2D eigenvalue weighted by atomic mass is 10.1. The summed E-state index contributed by atoms with van der Waals surface area (Å²) in [5.74, 6) is 0.813. The molecular weight excluding hydrogens is 228 g/mol. The molecule has 0 aliphatic carbocycles. The van der Waals surface area contributed by atoms with Crippen LogP contribution in [0.15, 0.2) is 24.4 Å². The Morgan fingerprint density at radius 3 is 3.17 bits per heavy atom. The second-order valence-electron chi connectivity index (χ2n) is 4.60. The molecule has 1 fully saturated rings. The Kier molecular flexibility index (Phi) is 2.88. The van der Waals surface area contributed by atoms with Crippen LogP contribution in [-0.4, -0.2) is 28.5 Å². The fourth-order valence-corrected chi connectivity index (χ4v) is 2.27. The summed E-state index contributed by atoms with van der Waals surface area (Å²) in [6.45, 7) is 0.778. The minimum Gasteiger partial charge on any atom is -0.358 e. The van der Waals surface area contributed by atoms with Gasteiger partial charge < -0.3 is 15.6 Å². The molecule has 1 amide bonds. The van der Waals surface area contributed by atoms with E-state index in [2.05, 4.69) is 20.6 Å². The van der Waals surface area contributed by atoms with Gasteiger partial charge in [0.15, 0.2) is 0 Å². The van der Waals surface area contributed by atoms with Crippen LogP contribution in [0, 0.1) is 0 Å². The molecule has 3 heterocycles. The Morgan fingerprint density at radius 1 is 1.28 bits per heavy atom. The summed E-state index contributed by atoms with van der Waals surface area (Å²) in [7, 11) is 0. The van der Waals surface area contributed by atoms with Crippen molar-refractivity contribution in [3.63, 3.8) is 0 Å². The largest absolute Gasteiger partial charge is 0.358 e. The first-order valence-electron chi connectivity index (χ1n) is 6.31. The highest BCUT2D eigenvalue weighted by Gasteiger charge is 2.20. The molecule has 5 heteroatoms. The molecule has 0 unspecified atom stereocenters. The molecule has 0 spiro atoms. The Balaban J connectivity index is 1.79. The highest BCUT2D eigenvalue weighted by molar-refractivity contribution is 5.85. The molecule has 1 aliphatic heterocycles. The number of hydrogen-bond acceptors (Lipinski definition) is 3. The molecule has 1 atom stereocenters. The predicted octanol–water partition coefficient (Wildman–Crippen LogP) is 1.64. The Bertz CT molecular complexity index is 563. The summed E-state index contributed by atoms with van der Waals surface area (Å²) < 4.78 is 0. The zero-order valence-corrected chi connectivity index (χ0v) is 10.1. The van der Waals surface area contributed by atoms with Gasteiger partial charge in [-0.15, -0.1) is 0 Å². The number of aromatic nitrogens is 2. The number of fused-ring (bicyclic) bond motifs is 1. The number of amides is 1. The molecule has 3 rings (SSSR count). The van der Waals surface area contributed by atoms with Gasteiger partial charge in [0.05, 0.1) is 0 Å². The molecule has 0 bridgehead atoms. The quantitative estimate of drug-likeness (QED) is 0.752. The molecule has 94 valence electrons. The number of pyridine rings is 1. The number of anilines is 1. The lowest BCUT2D eigenvalue weighted by Gasteiger charge is -2.15. The average Bonchev–Trinajstić information content (AvgIpc) is 2.75. The Hall–Kier alpha value is -2.04. The summed E-state index contributed by atoms with van der Waals surface area (Å²) in [5, 5.41) is 7.19. The zero-order chi connectivity index (χ0) is 12.4. The summed E-state index contributed by atoms with van der Waals surface area (Å²) >= 11 is 0. The van der Waals surface area contributed by atoms with Gasteiger partial charge in [-0.2, -0.15) is 0 Å². The average molecular weight is 244 g/mol. The van der Waals surface area contributed by atoms with Gasteiger partial charge in [0.1, 0.15) is 17.5 Å². The van der Waals surface area contributed by atoms with Gasteiger partial charge in [0.25, 0.3) is 0 Å². The van der Waals surface area contributed by atoms with Crippen LogP contribution in [0.25, 0.3) is 11.0 Å². The zero-order valence-electron chi connectivity index (χ0n) is 10.1. The lowest BCUT2D eigenvalue weighted by Crippen LogP contribution is -2.38. The van der Waals surface area contributed by atoms with Crippen molar-refractivity contribution in [3.8, 4) is 0 Å². The fourth-order valence-electron chi connectivity index (χ4n) is 2.27. The van der Waals surface area contributed by atoms with Crippen LogP contribution >= 0.6 is 0 Å². The smallest absolute Gasteiger partial charge is 0.242 e. The minimum absolute atomic E-state index is 0.0703. The van der Waals surface area contributed by atoms with Crippen molar-refractivity contribution in [1.29, 1.82) is 0 Å². The topological polar surface area (TPSA) is 69.8 Å². The summed E-state index contributed by atoms with van der Waals surface area (Å²) in [6, 6.07) is 5.71. The molecule has 1 saturated heterocycles. The fraction of sp³-hybridized carbons (Fsp3) is 0.385. The summed E-state index contributed by atoms with van der Waals surface area (Å²) in [4.78, 5) is 19.3. The van der Waals surface area contributed by atoms with Crippen molar-refractivity contribution in [2.45, 2.75) is 25.3 Å². The van der Waals surface area contributed by atoms with E-state index in [1.165, 1.54) is 0 Å².